The van der Waals surface area contributed by atoms with Crippen LogP contribution in [0.5, 0.6) is 0 Å². The molecule has 2 aliphatic heterocycles. The van der Waals surface area contributed by atoms with Crippen LogP contribution < -0.4 is 0 Å². The molecular weight excluding hydrogens is 320 g/mol. The molecule has 2 heterocycles. The van der Waals surface area contributed by atoms with Gasteiger partial charge in [-0.25, -0.2) is 0 Å². The van der Waals surface area contributed by atoms with Crippen molar-refractivity contribution in [1.82, 2.24) is 0 Å². The molecule has 0 radical (unpaired) electrons. The summed E-state index contributed by atoms with van der Waals surface area (Å²) in [6.45, 7) is -1.33. The van der Waals surface area contributed by atoms with Crippen molar-refractivity contribution in [2.24, 2.45) is 0 Å². The van der Waals surface area contributed by atoms with Crippen LogP contribution in [0, 0.1) is 0 Å². The van der Waals surface area contributed by atoms with E-state index in [1.807, 2.05) is 0 Å². The average Bonchev–Trinajstić information content (AvgIpc) is 2.54. The highest BCUT2D eigenvalue weighted by Crippen LogP contribution is 2.28. The number of rotatable bonds is 4. The maximum atomic E-state index is 9.94. The molecule has 0 spiro atoms. The van der Waals surface area contributed by atoms with Crippen LogP contribution in [0.2, 0.25) is 0 Å². The van der Waals surface area contributed by atoms with E-state index < -0.39 is 74.6 Å². The van der Waals surface area contributed by atoms with Crippen LogP contribution in [-0.4, -0.2) is 115 Å². The van der Waals surface area contributed by atoms with Crippen LogP contribution in [0.15, 0.2) is 0 Å². The third-order valence-electron chi connectivity index (χ3n) is 3.98. The van der Waals surface area contributed by atoms with E-state index in [-0.39, 0.29) is 0 Å². The van der Waals surface area contributed by atoms with E-state index in [1.54, 1.807) is 0 Å². The molecule has 11 nitrogen and oxygen atoms in total. The summed E-state index contributed by atoms with van der Waals surface area (Å²) in [5.41, 5.74) is 0. The summed E-state index contributed by atoms with van der Waals surface area (Å²) in [7, 11) is 0. The number of hydrogen-bond donors (Lipinski definition) is 8. The molecule has 10 atom stereocenters. The normalized spacial score (nSPS) is 51.7. The highest BCUT2D eigenvalue weighted by molar-refractivity contribution is 4.93. The van der Waals surface area contributed by atoms with E-state index >= 15 is 0 Å². The van der Waals surface area contributed by atoms with Gasteiger partial charge in [0.15, 0.2) is 12.6 Å². The minimum Gasteiger partial charge on any atom is -0.394 e. The Morgan fingerprint density at radius 1 is 0.652 bits per heavy atom. The largest absolute Gasteiger partial charge is 0.394 e. The van der Waals surface area contributed by atoms with Crippen LogP contribution in [-0.2, 0) is 14.2 Å². The molecule has 0 aromatic heterocycles. The Kier molecular flexibility index (Phi) is 6.27. The van der Waals surface area contributed by atoms with Gasteiger partial charge in [0.05, 0.1) is 13.2 Å². The van der Waals surface area contributed by atoms with Crippen molar-refractivity contribution >= 4 is 0 Å². The van der Waals surface area contributed by atoms with E-state index in [9.17, 15) is 30.6 Å². The van der Waals surface area contributed by atoms with Gasteiger partial charge in [-0.1, -0.05) is 0 Å². The predicted octanol–water partition coefficient (Wildman–Crippen LogP) is -5.40. The number of aliphatic hydroxyl groups is 8. The Morgan fingerprint density at radius 2 is 1.17 bits per heavy atom. The molecule has 0 bridgehead atoms. The molecule has 0 saturated carbocycles. The summed E-state index contributed by atoms with van der Waals surface area (Å²) in [5, 5.41) is 76.7. The fourth-order valence-corrected chi connectivity index (χ4v) is 2.55. The lowest BCUT2D eigenvalue weighted by Gasteiger charge is -2.44. The molecule has 23 heavy (non-hydrogen) atoms. The smallest absolute Gasteiger partial charge is 0.187 e. The molecule has 11 heteroatoms. The second-order valence-corrected chi connectivity index (χ2v) is 5.53. The minimum absolute atomic E-state index is 0.651. The van der Waals surface area contributed by atoms with Crippen LogP contribution in [0.3, 0.4) is 0 Å². The Morgan fingerprint density at radius 3 is 1.74 bits per heavy atom. The molecule has 8 N–H and O–H groups in total. The summed E-state index contributed by atoms with van der Waals surface area (Å²) < 4.78 is 15.1. The maximum Gasteiger partial charge on any atom is 0.187 e. The molecule has 0 amide bonds. The van der Waals surface area contributed by atoms with Gasteiger partial charge in [-0.3, -0.25) is 0 Å². The zero-order chi connectivity index (χ0) is 17.3. The van der Waals surface area contributed by atoms with Crippen LogP contribution >= 0.6 is 0 Å². The molecule has 2 saturated heterocycles. The maximum absolute atomic E-state index is 9.94. The summed E-state index contributed by atoms with van der Waals surface area (Å²) in [6.07, 6.45) is -15.6. The first kappa shape index (κ1) is 18.9. The quantitative estimate of drug-likeness (QED) is 0.243. The van der Waals surface area contributed by atoms with E-state index in [0.717, 1.165) is 0 Å². The number of aliphatic hydroxyl groups excluding tert-OH is 8. The first-order valence-electron chi connectivity index (χ1n) is 7.08. The second-order valence-electron chi connectivity index (χ2n) is 5.53. The lowest BCUT2D eigenvalue weighted by molar-refractivity contribution is -0.361. The van der Waals surface area contributed by atoms with Gasteiger partial charge >= 0.3 is 0 Å². The second kappa shape index (κ2) is 7.63. The molecule has 136 valence electrons. The van der Waals surface area contributed by atoms with Crippen LogP contribution in [0.1, 0.15) is 0 Å². The van der Waals surface area contributed by atoms with E-state index in [1.165, 1.54) is 0 Å². The Hall–Kier alpha value is -0.440. The van der Waals surface area contributed by atoms with E-state index in [2.05, 4.69) is 0 Å². The fourth-order valence-electron chi connectivity index (χ4n) is 2.55. The topological polar surface area (TPSA) is 190 Å². The molecule has 0 aliphatic carbocycles. The average molecular weight is 342 g/mol. The van der Waals surface area contributed by atoms with Crippen molar-refractivity contribution in [3.05, 3.63) is 0 Å². The van der Waals surface area contributed by atoms with E-state index in [0.29, 0.717) is 0 Å². The van der Waals surface area contributed by atoms with E-state index in [4.69, 9.17) is 24.4 Å². The summed E-state index contributed by atoms with van der Waals surface area (Å²) in [5.74, 6) is 0. The summed E-state index contributed by atoms with van der Waals surface area (Å²) >= 11 is 0. The van der Waals surface area contributed by atoms with Gasteiger partial charge in [-0.05, 0) is 0 Å². The molecule has 2 fully saturated rings. The lowest BCUT2D eigenvalue weighted by atomic mass is 9.97. The van der Waals surface area contributed by atoms with Gasteiger partial charge in [0.2, 0.25) is 0 Å². The predicted molar refractivity (Wildman–Crippen MR) is 68.6 cm³/mol. The van der Waals surface area contributed by atoms with Crippen molar-refractivity contribution < 1.29 is 55.1 Å². The first-order valence-corrected chi connectivity index (χ1v) is 7.08. The third-order valence-corrected chi connectivity index (χ3v) is 3.98. The highest BCUT2D eigenvalue weighted by Gasteiger charge is 2.50. The number of ether oxygens (including phenoxy) is 3. The summed E-state index contributed by atoms with van der Waals surface area (Å²) in [4.78, 5) is 0. The van der Waals surface area contributed by atoms with Crippen molar-refractivity contribution in [3.63, 3.8) is 0 Å². The third kappa shape index (κ3) is 3.65. The molecule has 0 aromatic carbocycles. The lowest BCUT2D eigenvalue weighted by Crippen LogP contribution is -2.64. The van der Waals surface area contributed by atoms with Crippen LogP contribution in [0.25, 0.3) is 0 Å². The van der Waals surface area contributed by atoms with Gasteiger partial charge in [-0.15, -0.1) is 0 Å². The zero-order valence-electron chi connectivity index (χ0n) is 12.0. The Bertz CT molecular complexity index is 380. The molecule has 0 aromatic rings. The molecular formula is C12H22O11. The van der Waals surface area contributed by atoms with Crippen molar-refractivity contribution in [3.8, 4) is 0 Å². The standard InChI is InChI=1S/C12H22O11/c13-1-3-6(16)8(18)10(11(20)21-3)23-12-9(19)7(17)5(15)4(2-14)22-12/h3-20H,1-2H2/t3-,4-,5+,6-,7+,8+,9-,10-,11?,12?/m1/s1. The fraction of sp³-hybridized carbons (Fsp3) is 1.00. The highest BCUT2D eigenvalue weighted by atomic mass is 16.7. The monoisotopic (exact) mass is 342 g/mol. The molecule has 2 aliphatic rings. The van der Waals surface area contributed by atoms with Crippen LogP contribution in [0.4, 0.5) is 0 Å². The number of hydrogen-bond acceptors (Lipinski definition) is 11. The Labute approximate surface area is 130 Å². The van der Waals surface area contributed by atoms with Gasteiger partial charge in [0, 0.05) is 0 Å². The van der Waals surface area contributed by atoms with Gasteiger partial charge in [0.1, 0.15) is 48.8 Å². The van der Waals surface area contributed by atoms with Crippen molar-refractivity contribution in [2.75, 3.05) is 13.2 Å². The summed E-state index contributed by atoms with van der Waals surface area (Å²) in [6, 6.07) is 0. The SMILES string of the molecule is OC[C@H]1OC(O[C@H]2C(O)O[C@H](CO)[C@@H](O)[C@@H]2O)[C@H](O)[C@@H](O)[C@H]1O. The molecule has 2 unspecified atom stereocenters. The van der Waals surface area contributed by atoms with Crippen molar-refractivity contribution in [1.29, 1.82) is 0 Å². The zero-order valence-corrected chi connectivity index (χ0v) is 12.0. The van der Waals surface area contributed by atoms with Crippen molar-refractivity contribution in [2.45, 2.75) is 61.4 Å². The minimum atomic E-state index is -1.75. The van der Waals surface area contributed by atoms with Gasteiger partial charge in [-0.2, -0.15) is 0 Å². The first-order chi connectivity index (χ1) is 10.8. The molecule has 2 rings (SSSR count). The Balaban J connectivity index is 2.08. The van der Waals surface area contributed by atoms with Gasteiger partial charge < -0.3 is 55.1 Å². The van der Waals surface area contributed by atoms with Gasteiger partial charge in [0.25, 0.3) is 0 Å².